The van der Waals surface area contributed by atoms with Crippen molar-refractivity contribution in [2.75, 3.05) is 20.2 Å². The van der Waals surface area contributed by atoms with Gasteiger partial charge in [0.25, 0.3) is 0 Å². The van der Waals surface area contributed by atoms with Crippen LogP contribution in [0.25, 0.3) is 0 Å². The first-order valence-corrected chi connectivity index (χ1v) is 6.60. The average molecular weight is 213 g/mol. The Kier molecular flexibility index (Phi) is 6.26. The van der Waals surface area contributed by atoms with Crippen LogP contribution in [0.15, 0.2) is 0 Å². The largest absolute Gasteiger partial charge is 0.396 e. The number of unbranched alkanes of at least 4 members (excludes halogenated alkanes) is 2. The lowest BCUT2D eigenvalue weighted by Crippen LogP contribution is -2.45. The van der Waals surface area contributed by atoms with Gasteiger partial charge in [0.2, 0.25) is 0 Å². The minimum absolute atomic E-state index is 0.345. The molecule has 1 aliphatic carbocycles. The molecular formula is C13H27NO. The Bertz CT molecular complexity index is 161. The van der Waals surface area contributed by atoms with Gasteiger partial charge in [0.05, 0.1) is 0 Å². The molecule has 0 aromatic heterocycles. The number of rotatable bonds is 8. The Morgan fingerprint density at radius 3 is 2.53 bits per heavy atom. The highest BCUT2D eigenvalue weighted by molar-refractivity contribution is 4.87. The molecule has 90 valence electrons. The van der Waals surface area contributed by atoms with Gasteiger partial charge in [-0.15, -0.1) is 0 Å². The minimum atomic E-state index is 0.345. The molecule has 0 bridgehead atoms. The number of aliphatic hydroxyl groups excluding tert-OH is 1. The van der Waals surface area contributed by atoms with E-state index in [1.165, 1.54) is 32.1 Å². The van der Waals surface area contributed by atoms with E-state index < -0.39 is 0 Å². The van der Waals surface area contributed by atoms with Crippen LogP contribution in [0.2, 0.25) is 0 Å². The first kappa shape index (κ1) is 13.0. The summed E-state index contributed by atoms with van der Waals surface area (Å²) in [4.78, 5) is 2.51. The van der Waals surface area contributed by atoms with Crippen molar-refractivity contribution >= 4 is 0 Å². The molecule has 1 saturated carbocycles. The van der Waals surface area contributed by atoms with Crippen molar-refractivity contribution < 1.29 is 5.11 Å². The second-order valence-corrected chi connectivity index (χ2v) is 4.96. The van der Waals surface area contributed by atoms with Gasteiger partial charge < -0.3 is 10.0 Å². The minimum Gasteiger partial charge on any atom is -0.396 e. The van der Waals surface area contributed by atoms with Gasteiger partial charge in [0.1, 0.15) is 0 Å². The number of hydrogen-bond donors (Lipinski definition) is 1. The highest BCUT2D eigenvalue weighted by atomic mass is 16.2. The maximum absolute atomic E-state index is 8.74. The van der Waals surface area contributed by atoms with Crippen LogP contribution in [0.3, 0.4) is 0 Å². The van der Waals surface area contributed by atoms with Crippen LogP contribution in [-0.4, -0.2) is 36.2 Å². The maximum atomic E-state index is 8.74. The van der Waals surface area contributed by atoms with Crippen molar-refractivity contribution in [3.05, 3.63) is 0 Å². The monoisotopic (exact) mass is 213 g/mol. The Labute approximate surface area is 94.7 Å². The molecule has 0 heterocycles. The van der Waals surface area contributed by atoms with Crippen molar-refractivity contribution in [2.45, 2.75) is 57.9 Å². The molecule has 2 nitrogen and oxygen atoms in total. The molecule has 2 heteroatoms. The average Bonchev–Trinajstić information content (AvgIpc) is 2.17. The lowest BCUT2D eigenvalue weighted by molar-refractivity contribution is 0.0745. The summed E-state index contributed by atoms with van der Waals surface area (Å²) in [5.41, 5.74) is 0. The van der Waals surface area contributed by atoms with Crippen LogP contribution in [0.4, 0.5) is 0 Å². The summed E-state index contributed by atoms with van der Waals surface area (Å²) in [7, 11) is 2.25. The molecule has 15 heavy (non-hydrogen) atoms. The summed E-state index contributed by atoms with van der Waals surface area (Å²) in [6, 6.07) is 0.843. The van der Waals surface area contributed by atoms with Gasteiger partial charge in [-0.1, -0.05) is 19.8 Å². The molecule has 0 amide bonds. The molecule has 0 aliphatic heterocycles. The van der Waals surface area contributed by atoms with E-state index in [1.807, 2.05) is 0 Å². The first-order chi connectivity index (χ1) is 7.29. The standard InChI is InChI=1S/C13H27NO/c1-3-4-7-12-8-9-13(12)14(2)10-5-6-11-15/h12-13,15H,3-11H2,1-2H3. The second-order valence-electron chi connectivity index (χ2n) is 4.96. The predicted octanol–water partition coefficient (Wildman–Crippen LogP) is 2.66. The smallest absolute Gasteiger partial charge is 0.0431 e. The molecule has 2 atom stereocenters. The molecule has 0 aromatic rings. The van der Waals surface area contributed by atoms with E-state index >= 15 is 0 Å². The second kappa shape index (κ2) is 7.24. The molecule has 1 fully saturated rings. The van der Waals surface area contributed by atoms with E-state index in [4.69, 9.17) is 5.11 Å². The van der Waals surface area contributed by atoms with Crippen LogP contribution in [0, 0.1) is 5.92 Å². The van der Waals surface area contributed by atoms with Crippen LogP contribution in [0.1, 0.15) is 51.9 Å². The zero-order chi connectivity index (χ0) is 11.1. The van der Waals surface area contributed by atoms with E-state index in [9.17, 15) is 0 Å². The van der Waals surface area contributed by atoms with Crippen molar-refractivity contribution in [2.24, 2.45) is 5.92 Å². The quantitative estimate of drug-likeness (QED) is 0.627. The highest BCUT2D eigenvalue weighted by Crippen LogP contribution is 2.35. The van der Waals surface area contributed by atoms with Crippen molar-refractivity contribution in [3.8, 4) is 0 Å². The van der Waals surface area contributed by atoms with E-state index in [0.717, 1.165) is 31.3 Å². The van der Waals surface area contributed by atoms with Crippen LogP contribution in [0.5, 0.6) is 0 Å². The molecule has 0 spiro atoms. The van der Waals surface area contributed by atoms with Gasteiger partial charge in [0.15, 0.2) is 0 Å². The maximum Gasteiger partial charge on any atom is 0.0431 e. The molecule has 1 aliphatic rings. The van der Waals surface area contributed by atoms with Crippen LogP contribution < -0.4 is 0 Å². The third kappa shape index (κ3) is 4.12. The van der Waals surface area contributed by atoms with Crippen molar-refractivity contribution in [1.82, 2.24) is 4.90 Å². The summed E-state index contributed by atoms with van der Waals surface area (Å²) in [5.74, 6) is 0.962. The zero-order valence-corrected chi connectivity index (χ0v) is 10.4. The fourth-order valence-electron chi connectivity index (χ4n) is 2.57. The lowest BCUT2D eigenvalue weighted by Gasteiger charge is -2.43. The molecular weight excluding hydrogens is 186 g/mol. The summed E-state index contributed by atoms with van der Waals surface area (Å²) in [6.07, 6.45) is 9.08. The van der Waals surface area contributed by atoms with Gasteiger partial charge in [-0.3, -0.25) is 0 Å². The Balaban J connectivity index is 2.12. The molecule has 0 radical (unpaired) electrons. The van der Waals surface area contributed by atoms with Gasteiger partial charge in [-0.2, -0.15) is 0 Å². The number of hydrogen-bond acceptors (Lipinski definition) is 2. The number of aliphatic hydroxyl groups is 1. The molecule has 0 saturated heterocycles. The summed E-state index contributed by atoms with van der Waals surface area (Å²) >= 11 is 0. The Morgan fingerprint density at radius 1 is 1.20 bits per heavy atom. The third-order valence-corrected chi connectivity index (χ3v) is 3.79. The summed E-state index contributed by atoms with van der Waals surface area (Å²) in [6.45, 7) is 3.78. The molecule has 1 rings (SSSR count). The fraction of sp³-hybridized carbons (Fsp3) is 1.00. The van der Waals surface area contributed by atoms with Gasteiger partial charge in [0, 0.05) is 12.6 Å². The zero-order valence-electron chi connectivity index (χ0n) is 10.4. The van der Waals surface area contributed by atoms with E-state index in [-0.39, 0.29) is 0 Å². The Morgan fingerprint density at radius 2 is 2.00 bits per heavy atom. The normalized spacial score (nSPS) is 25.6. The van der Waals surface area contributed by atoms with Gasteiger partial charge in [-0.05, 0) is 51.6 Å². The van der Waals surface area contributed by atoms with Crippen LogP contribution in [-0.2, 0) is 0 Å². The van der Waals surface area contributed by atoms with Crippen LogP contribution >= 0.6 is 0 Å². The topological polar surface area (TPSA) is 23.5 Å². The highest BCUT2D eigenvalue weighted by Gasteiger charge is 2.32. The van der Waals surface area contributed by atoms with Gasteiger partial charge in [-0.25, -0.2) is 0 Å². The molecule has 0 aromatic carbocycles. The SMILES string of the molecule is CCCCC1CCC1N(C)CCCCO. The first-order valence-electron chi connectivity index (χ1n) is 6.60. The van der Waals surface area contributed by atoms with E-state index in [0.29, 0.717) is 6.61 Å². The lowest BCUT2D eigenvalue weighted by atomic mass is 9.75. The fourth-order valence-corrected chi connectivity index (χ4v) is 2.57. The van der Waals surface area contributed by atoms with E-state index in [1.54, 1.807) is 0 Å². The van der Waals surface area contributed by atoms with E-state index in [2.05, 4.69) is 18.9 Å². The molecule has 1 N–H and O–H groups in total. The number of nitrogens with zero attached hydrogens (tertiary/aromatic N) is 1. The van der Waals surface area contributed by atoms with Crippen molar-refractivity contribution in [3.63, 3.8) is 0 Å². The summed E-state index contributed by atoms with van der Waals surface area (Å²) < 4.78 is 0. The Hall–Kier alpha value is -0.0800. The van der Waals surface area contributed by atoms with Gasteiger partial charge >= 0.3 is 0 Å². The van der Waals surface area contributed by atoms with Crippen molar-refractivity contribution in [1.29, 1.82) is 0 Å². The predicted molar refractivity (Wildman–Crippen MR) is 65.0 cm³/mol. The molecule has 2 unspecified atom stereocenters. The third-order valence-electron chi connectivity index (χ3n) is 3.79. The summed E-state index contributed by atoms with van der Waals surface area (Å²) in [5, 5.41) is 8.74.